The van der Waals surface area contributed by atoms with Crippen molar-refractivity contribution in [3.63, 3.8) is 0 Å². The molecule has 0 radical (unpaired) electrons. The van der Waals surface area contributed by atoms with Gasteiger partial charge in [-0.2, -0.15) is 4.31 Å². The van der Waals surface area contributed by atoms with Crippen LogP contribution in [0.5, 0.6) is 0 Å². The van der Waals surface area contributed by atoms with Crippen LogP contribution in [-0.2, 0) is 19.9 Å². The van der Waals surface area contributed by atoms with Crippen molar-refractivity contribution in [2.24, 2.45) is 0 Å². The number of nitrogens with zero attached hydrogens (tertiary/aromatic N) is 4. The van der Waals surface area contributed by atoms with Gasteiger partial charge >= 0.3 is 0 Å². The van der Waals surface area contributed by atoms with E-state index in [0.717, 1.165) is 17.2 Å². The van der Waals surface area contributed by atoms with Crippen molar-refractivity contribution < 1.29 is 21.6 Å². The average Bonchev–Trinajstić information content (AvgIpc) is 3.27. The molecule has 2 saturated heterocycles. The van der Waals surface area contributed by atoms with E-state index < -0.39 is 25.1 Å². The first-order valence-electron chi connectivity index (χ1n) is 10.2. The Hall–Kier alpha value is -2.24. The third kappa shape index (κ3) is 4.13. The smallest absolute Gasteiger partial charge is 0.255 e. The SMILES string of the molecule is Cc1cc(C(=O)N2CCN(S(=O)(=O)C3CCS(=O)(=O)C3)CC2)c(C)n1-c1ccccn1. The summed E-state index contributed by atoms with van der Waals surface area (Å²) in [6.45, 7) is 4.66. The summed E-state index contributed by atoms with van der Waals surface area (Å²) in [7, 11) is -6.97. The molecular formula is C20H26N4O5S2. The van der Waals surface area contributed by atoms with E-state index >= 15 is 0 Å². The Morgan fingerprint density at radius 2 is 1.84 bits per heavy atom. The van der Waals surface area contributed by atoms with Crippen LogP contribution in [0.25, 0.3) is 5.82 Å². The number of sulfone groups is 1. The van der Waals surface area contributed by atoms with Crippen molar-refractivity contribution in [3.05, 3.63) is 47.4 Å². The number of aryl methyl sites for hydroxylation is 1. The highest BCUT2D eigenvalue weighted by molar-refractivity contribution is 7.95. The second kappa shape index (κ2) is 8.03. The molecule has 0 bridgehead atoms. The van der Waals surface area contributed by atoms with E-state index in [1.807, 2.05) is 42.7 Å². The van der Waals surface area contributed by atoms with E-state index in [4.69, 9.17) is 0 Å². The fourth-order valence-electron chi connectivity index (χ4n) is 4.34. The average molecular weight is 467 g/mol. The minimum absolute atomic E-state index is 0.0821. The maximum absolute atomic E-state index is 13.2. The van der Waals surface area contributed by atoms with Crippen molar-refractivity contribution in [1.29, 1.82) is 0 Å². The maximum atomic E-state index is 13.2. The van der Waals surface area contributed by atoms with E-state index in [1.54, 1.807) is 11.1 Å². The first-order chi connectivity index (χ1) is 14.6. The molecule has 4 heterocycles. The Morgan fingerprint density at radius 1 is 1.13 bits per heavy atom. The quantitative estimate of drug-likeness (QED) is 0.658. The third-order valence-electron chi connectivity index (χ3n) is 6.04. The molecule has 9 nitrogen and oxygen atoms in total. The highest BCUT2D eigenvalue weighted by atomic mass is 32.2. The number of piperazine rings is 1. The van der Waals surface area contributed by atoms with Crippen LogP contribution in [-0.4, -0.2) is 84.4 Å². The van der Waals surface area contributed by atoms with Crippen molar-refractivity contribution in [1.82, 2.24) is 18.8 Å². The summed E-state index contributed by atoms with van der Waals surface area (Å²) in [5.41, 5.74) is 2.25. The van der Waals surface area contributed by atoms with Crippen molar-refractivity contribution >= 4 is 25.8 Å². The molecule has 2 aliphatic heterocycles. The minimum atomic E-state index is -3.69. The van der Waals surface area contributed by atoms with E-state index in [-0.39, 0.29) is 50.0 Å². The van der Waals surface area contributed by atoms with E-state index in [2.05, 4.69) is 4.98 Å². The molecule has 0 N–H and O–H groups in total. The fraction of sp³-hybridized carbons (Fsp3) is 0.500. The Kier molecular flexibility index (Phi) is 5.69. The summed E-state index contributed by atoms with van der Waals surface area (Å²) in [5, 5.41) is -0.878. The van der Waals surface area contributed by atoms with Gasteiger partial charge in [-0.3, -0.25) is 4.79 Å². The summed E-state index contributed by atoms with van der Waals surface area (Å²) >= 11 is 0. The van der Waals surface area contributed by atoms with Crippen molar-refractivity contribution in [2.45, 2.75) is 25.5 Å². The normalized spacial score (nSPS) is 22.0. The standard InChI is InChI=1S/C20H26N4O5S2/c1-15-13-18(16(2)24(15)19-5-3-4-7-21-19)20(25)22-8-10-23(11-9-22)31(28,29)17-6-12-30(26,27)14-17/h3-5,7,13,17H,6,8-12,14H2,1-2H3. The number of amides is 1. The number of hydrogen-bond donors (Lipinski definition) is 0. The summed E-state index contributed by atoms with van der Waals surface area (Å²) in [6, 6.07) is 7.43. The van der Waals surface area contributed by atoms with Crippen LogP contribution in [0.4, 0.5) is 0 Å². The fourth-order valence-corrected chi connectivity index (χ4v) is 8.85. The molecule has 168 valence electrons. The Labute approximate surface area is 182 Å². The third-order valence-corrected chi connectivity index (χ3v) is 10.3. The lowest BCUT2D eigenvalue weighted by Crippen LogP contribution is -2.52. The van der Waals surface area contributed by atoms with Gasteiger partial charge in [0.1, 0.15) is 5.82 Å². The zero-order valence-electron chi connectivity index (χ0n) is 17.6. The number of carbonyl (C=O) groups excluding carboxylic acids is 1. The summed E-state index contributed by atoms with van der Waals surface area (Å²) in [5.74, 6) is 0.199. The molecule has 0 aromatic carbocycles. The highest BCUT2D eigenvalue weighted by Gasteiger charge is 2.41. The second-order valence-corrected chi connectivity index (χ2v) is 12.5. The second-order valence-electron chi connectivity index (χ2n) is 8.07. The lowest BCUT2D eigenvalue weighted by atomic mass is 10.2. The Bertz CT molecular complexity index is 1200. The van der Waals surface area contributed by atoms with E-state index in [9.17, 15) is 21.6 Å². The molecule has 0 spiro atoms. The first kappa shape index (κ1) is 22.0. The molecule has 2 aromatic rings. The topological polar surface area (TPSA) is 110 Å². The van der Waals surface area contributed by atoms with Crippen molar-refractivity contribution in [3.8, 4) is 5.82 Å². The zero-order valence-corrected chi connectivity index (χ0v) is 19.2. The predicted molar refractivity (Wildman–Crippen MR) is 116 cm³/mol. The van der Waals surface area contributed by atoms with Crippen LogP contribution < -0.4 is 0 Å². The van der Waals surface area contributed by atoms with Gasteiger partial charge in [-0.15, -0.1) is 0 Å². The van der Waals surface area contributed by atoms with Gasteiger partial charge in [0.2, 0.25) is 10.0 Å². The number of pyridine rings is 1. The largest absolute Gasteiger partial charge is 0.336 e. The zero-order chi connectivity index (χ0) is 22.4. The molecule has 0 aliphatic carbocycles. The van der Waals surface area contributed by atoms with Crippen molar-refractivity contribution in [2.75, 3.05) is 37.7 Å². The lowest BCUT2D eigenvalue weighted by Gasteiger charge is -2.35. The monoisotopic (exact) mass is 466 g/mol. The summed E-state index contributed by atoms with van der Waals surface area (Å²) < 4.78 is 52.3. The molecule has 1 amide bonds. The minimum Gasteiger partial charge on any atom is -0.336 e. The van der Waals surface area contributed by atoms with Gasteiger partial charge in [0.25, 0.3) is 5.91 Å². The number of aromatic nitrogens is 2. The van der Waals surface area contributed by atoms with Crippen LogP contribution >= 0.6 is 0 Å². The molecule has 2 aromatic heterocycles. The molecule has 31 heavy (non-hydrogen) atoms. The number of carbonyl (C=O) groups is 1. The molecule has 4 rings (SSSR count). The van der Waals surface area contributed by atoms with Crippen LogP contribution in [0, 0.1) is 13.8 Å². The van der Waals surface area contributed by atoms with Gasteiger partial charge in [-0.1, -0.05) is 6.07 Å². The number of sulfonamides is 1. The van der Waals surface area contributed by atoms with Gasteiger partial charge in [0.05, 0.1) is 22.3 Å². The first-order valence-corrected chi connectivity index (χ1v) is 13.5. The highest BCUT2D eigenvalue weighted by Crippen LogP contribution is 2.25. The van der Waals surface area contributed by atoms with Gasteiger partial charge in [-0.05, 0) is 38.5 Å². The molecule has 2 fully saturated rings. The molecule has 1 unspecified atom stereocenters. The molecule has 2 aliphatic rings. The van der Waals surface area contributed by atoms with E-state index in [1.165, 1.54) is 4.31 Å². The van der Waals surface area contributed by atoms with Crippen LogP contribution in [0.1, 0.15) is 28.2 Å². The maximum Gasteiger partial charge on any atom is 0.255 e. The van der Waals surface area contributed by atoms with Gasteiger partial charge in [0, 0.05) is 43.8 Å². The van der Waals surface area contributed by atoms with E-state index in [0.29, 0.717) is 5.56 Å². The van der Waals surface area contributed by atoms with Crippen LogP contribution in [0.15, 0.2) is 30.5 Å². The summed E-state index contributed by atoms with van der Waals surface area (Å²) in [6.07, 6.45) is 1.84. The molecule has 1 atom stereocenters. The van der Waals surface area contributed by atoms with Crippen LogP contribution in [0.3, 0.4) is 0 Å². The Morgan fingerprint density at radius 3 is 2.42 bits per heavy atom. The van der Waals surface area contributed by atoms with Gasteiger partial charge < -0.3 is 9.47 Å². The number of rotatable bonds is 4. The van der Waals surface area contributed by atoms with Gasteiger partial charge in [0.15, 0.2) is 9.84 Å². The summed E-state index contributed by atoms with van der Waals surface area (Å²) in [4.78, 5) is 19.2. The van der Waals surface area contributed by atoms with Gasteiger partial charge in [-0.25, -0.2) is 21.8 Å². The lowest BCUT2D eigenvalue weighted by molar-refractivity contribution is 0.0696. The number of hydrogen-bond acceptors (Lipinski definition) is 6. The predicted octanol–water partition coefficient (Wildman–Crippen LogP) is 0.764. The van der Waals surface area contributed by atoms with Crippen LogP contribution in [0.2, 0.25) is 0 Å². The molecular weight excluding hydrogens is 440 g/mol. The molecule has 11 heteroatoms. The Balaban J connectivity index is 1.47. The molecule has 0 saturated carbocycles.